The third-order valence-electron chi connectivity index (χ3n) is 0.960. The molecule has 0 atom stereocenters. The predicted molar refractivity (Wildman–Crippen MR) is 65.0 cm³/mol. The zero-order valence-corrected chi connectivity index (χ0v) is 12.2. The van der Waals surface area contributed by atoms with Crippen LogP contribution in [0.1, 0.15) is 41.5 Å². The van der Waals surface area contributed by atoms with E-state index in [1.165, 1.54) is 0 Å². The fraction of sp³-hybridized carbons (Fsp3) is 0.900. The van der Waals surface area contributed by atoms with E-state index >= 15 is 0 Å². The topological polar surface area (TPSA) is 82.1 Å². The van der Waals surface area contributed by atoms with Crippen LogP contribution >= 0.6 is 7.82 Å². The van der Waals surface area contributed by atoms with Gasteiger partial charge in [0.1, 0.15) is 0 Å². The molecule has 6 nitrogen and oxygen atoms in total. The largest absolute Gasteiger partial charge is 0.481 e. The maximum absolute atomic E-state index is 11.8. The molecule has 0 radical (unpaired) electrons. The van der Waals surface area contributed by atoms with Crippen molar-refractivity contribution in [3.05, 3.63) is 0 Å². The third kappa shape index (κ3) is 15.6. The minimum absolute atomic E-state index is 0.313. The third-order valence-corrected chi connectivity index (χ3v) is 2.88. The number of hydrogen-bond donors (Lipinski definition) is 1. The lowest BCUT2D eigenvalue weighted by Gasteiger charge is -2.25. The van der Waals surface area contributed by atoms with Crippen molar-refractivity contribution < 1.29 is 28.0 Å². The molecule has 0 aliphatic heterocycles. The second kappa shape index (κ2) is 8.64. The van der Waals surface area contributed by atoms with Gasteiger partial charge in [0.05, 0.1) is 18.8 Å². The molecule has 0 aliphatic carbocycles. The van der Waals surface area contributed by atoms with Crippen molar-refractivity contribution in [3.8, 4) is 0 Å². The van der Waals surface area contributed by atoms with Crippen LogP contribution in [0.4, 0.5) is 0 Å². The maximum atomic E-state index is 11.8. The molecule has 0 amide bonds. The van der Waals surface area contributed by atoms with E-state index < -0.39 is 19.4 Å². The first kappa shape index (κ1) is 18.9. The van der Waals surface area contributed by atoms with E-state index in [0.29, 0.717) is 13.2 Å². The van der Waals surface area contributed by atoms with Crippen molar-refractivity contribution in [2.24, 2.45) is 0 Å². The van der Waals surface area contributed by atoms with Crippen LogP contribution in [0, 0.1) is 0 Å². The summed E-state index contributed by atoms with van der Waals surface area (Å²) in [7, 11) is -3.34. The zero-order chi connectivity index (χ0) is 14.1. The van der Waals surface area contributed by atoms with Crippen molar-refractivity contribution in [2.75, 3.05) is 13.2 Å². The number of aliphatic carboxylic acids is 1. The van der Waals surface area contributed by atoms with Crippen LogP contribution in [0.25, 0.3) is 0 Å². The van der Waals surface area contributed by atoms with Crippen molar-refractivity contribution in [1.82, 2.24) is 0 Å². The Bertz CT molecular complexity index is 244. The van der Waals surface area contributed by atoms with Crippen LogP contribution in [0.15, 0.2) is 0 Å². The molecule has 0 spiro atoms. The highest BCUT2D eigenvalue weighted by Crippen LogP contribution is 2.52. The van der Waals surface area contributed by atoms with E-state index in [4.69, 9.17) is 23.5 Å². The minimum atomic E-state index is -3.34. The monoisotopic (exact) mass is 270 g/mol. The molecular formula is C10H23O6P. The minimum Gasteiger partial charge on any atom is -0.481 e. The van der Waals surface area contributed by atoms with Gasteiger partial charge in [-0.15, -0.1) is 0 Å². The first-order chi connectivity index (χ1) is 7.56. The van der Waals surface area contributed by atoms with Crippen LogP contribution in [0.5, 0.6) is 0 Å². The summed E-state index contributed by atoms with van der Waals surface area (Å²) >= 11 is 0. The lowest BCUT2D eigenvalue weighted by molar-refractivity contribution is -0.134. The average Bonchev–Trinajstić information content (AvgIpc) is 1.98. The summed E-state index contributed by atoms with van der Waals surface area (Å²) in [5, 5.41) is 7.42. The fourth-order valence-electron chi connectivity index (χ4n) is 0.742. The van der Waals surface area contributed by atoms with E-state index in [9.17, 15) is 4.57 Å². The van der Waals surface area contributed by atoms with Crippen LogP contribution in [-0.4, -0.2) is 29.9 Å². The van der Waals surface area contributed by atoms with E-state index in [-0.39, 0.29) is 0 Å². The molecular weight excluding hydrogens is 247 g/mol. The summed E-state index contributed by atoms with van der Waals surface area (Å²) in [4.78, 5) is 9.00. The predicted octanol–water partition coefficient (Wildman–Crippen LogP) is 3.07. The summed E-state index contributed by atoms with van der Waals surface area (Å²) < 4.78 is 26.9. The zero-order valence-electron chi connectivity index (χ0n) is 11.3. The molecule has 0 unspecified atom stereocenters. The molecule has 0 aliphatic rings. The van der Waals surface area contributed by atoms with E-state index in [1.54, 1.807) is 34.6 Å². The number of phosphoric ester groups is 1. The van der Waals surface area contributed by atoms with Gasteiger partial charge in [-0.25, -0.2) is 4.57 Å². The second-order valence-electron chi connectivity index (χ2n) is 4.01. The normalized spacial score (nSPS) is 11.6. The number of hydrogen-bond acceptors (Lipinski definition) is 5. The van der Waals surface area contributed by atoms with Gasteiger partial charge in [0.15, 0.2) is 0 Å². The highest BCUT2D eigenvalue weighted by Gasteiger charge is 2.31. The Labute approximate surface area is 103 Å². The Kier molecular flexibility index (Phi) is 9.62. The van der Waals surface area contributed by atoms with Gasteiger partial charge in [-0.3, -0.25) is 18.4 Å². The molecule has 0 aromatic rings. The van der Waals surface area contributed by atoms with Crippen LogP contribution < -0.4 is 0 Å². The molecule has 0 fully saturated rings. The Morgan fingerprint density at radius 2 is 1.47 bits per heavy atom. The van der Waals surface area contributed by atoms with Gasteiger partial charge in [0, 0.05) is 6.92 Å². The van der Waals surface area contributed by atoms with Gasteiger partial charge >= 0.3 is 7.82 Å². The van der Waals surface area contributed by atoms with Gasteiger partial charge in [0.25, 0.3) is 5.97 Å². The summed E-state index contributed by atoms with van der Waals surface area (Å²) in [6.07, 6.45) is 0. The highest BCUT2D eigenvalue weighted by molar-refractivity contribution is 7.48. The summed E-state index contributed by atoms with van der Waals surface area (Å²) in [6, 6.07) is 0. The summed E-state index contributed by atoms with van der Waals surface area (Å²) in [5.41, 5.74) is -0.528. The molecule has 17 heavy (non-hydrogen) atoms. The van der Waals surface area contributed by atoms with Crippen LogP contribution in [0.2, 0.25) is 0 Å². The standard InChI is InChI=1S/C8H19O4P.C2H4O2/c1-6-10-13(9,11-7-2)12-8(3,4)5;1-2(3)4/h6-7H2,1-5H3;1H3,(H,3,4). The Hall–Kier alpha value is -0.420. The molecule has 0 aromatic heterocycles. The lowest BCUT2D eigenvalue weighted by Crippen LogP contribution is -2.19. The second-order valence-corrected chi connectivity index (χ2v) is 5.60. The Balaban J connectivity index is 0. The molecule has 0 saturated heterocycles. The first-order valence-corrected chi connectivity index (χ1v) is 6.81. The molecule has 0 rings (SSSR count). The van der Waals surface area contributed by atoms with Gasteiger partial charge in [-0.1, -0.05) is 0 Å². The van der Waals surface area contributed by atoms with E-state index in [0.717, 1.165) is 6.92 Å². The van der Waals surface area contributed by atoms with E-state index in [2.05, 4.69) is 0 Å². The number of carboxylic acids is 1. The number of rotatable bonds is 5. The Morgan fingerprint density at radius 3 is 1.65 bits per heavy atom. The average molecular weight is 270 g/mol. The van der Waals surface area contributed by atoms with Gasteiger partial charge < -0.3 is 5.11 Å². The molecule has 1 N–H and O–H groups in total. The smallest absolute Gasteiger partial charge is 0.475 e. The summed E-state index contributed by atoms with van der Waals surface area (Å²) in [6.45, 7) is 10.6. The van der Waals surface area contributed by atoms with Crippen molar-refractivity contribution >= 4 is 13.8 Å². The van der Waals surface area contributed by atoms with Crippen LogP contribution in [0.3, 0.4) is 0 Å². The number of phosphoric acid groups is 1. The van der Waals surface area contributed by atoms with Crippen LogP contribution in [-0.2, 0) is 22.9 Å². The van der Waals surface area contributed by atoms with Crippen molar-refractivity contribution in [3.63, 3.8) is 0 Å². The van der Waals surface area contributed by atoms with Gasteiger partial charge in [-0.2, -0.15) is 0 Å². The highest BCUT2D eigenvalue weighted by atomic mass is 31.2. The maximum Gasteiger partial charge on any atom is 0.475 e. The van der Waals surface area contributed by atoms with Gasteiger partial charge in [0.2, 0.25) is 0 Å². The molecule has 0 bridgehead atoms. The van der Waals surface area contributed by atoms with Crippen molar-refractivity contribution in [2.45, 2.75) is 47.1 Å². The molecule has 0 aromatic carbocycles. The first-order valence-electron chi connectivity index (χ1n) is 5.35. The molecule has 7 heteroatoms. The fourth-order valence-corrected chi connectivity index (χ4v) is 2.22. The van der Waals surface area contributed by atoms with E-state index in [1.807, 2.05) is 0 Å². The quantitative estimate of drug-likeness (QED) is 0.773. The Morgan fingerprint density at radius 1 is 1.18 bits per heavy atom. The molecule has 104 valence electrons. The molecule has 0 heterocycles. The molecule has 0 saturated carbocycles. The lowest BCUT2D eigenvalue weighted by atomic mass is 10.2. The SMILES string of the molecule is CC(=O)O.CCOP(=O)(OCC)OC(C)(C)C. The summed E-state index contributed by atoms with van der Waals surface area (Å²) in [5.74, 6) is -0.833. The van der Waals surface area contributed by atoms with Crippen molar-refractivity contribution in [1.29, 1.82) is 0 Å². The van der Waals surface area contributed by atoms with Gasteiger partial charge in [-0.05, 0) is 34.6 Å². The number of carbonyl (C=O) groups is 1. The number of carboxylic acid groups (broad SMARTS) is 1.